The third-order valence-electron chi connectivity index (χ3n) is 3.15. The maximum Gasteiger partial charge on any atom is 0.255 e. The molecular weight excluding hydrogens is 255 g/mol. The Balaban J connectivity index is 2.13. The predicted molar refractivity (Wildman–Crippen MR) is 65.7 cm³/mol. The molecule has 0 spiro atoms. The summed E-state index contributed by atoms with van der Waals surface area (Å²) >= 11 is 5.79. The van der Waals surface area contributed by atoms with Gasteiger partial charge in [-0.15, -0.1) is 0 Å². The van der Waals surface area contributed by atoms with Gasteiger partial charge in [0, 0.05) is 19.0 Å². The first-order valence-electron chi connectivity index (χ1n) is 5.76. The van der Waals surface area contributed by atoms with Gasteiger partial charge in [-0.25, -0.2) is 4.39 Å². The molecule has 0 bridgehead atoms. The molecule has 2 rings (SSSR count). The fraction of sp³-hybridized carbons (Fsp3) is 0.385. The van der Waals surface area contributed by atoms with Gasteiger partial charge in [0.2, 0.25) is 0 Å². The van der Waals surface area contributed by atoms with Crippen molar-refractivity contribution >= 4 is 17.5 Å². The Morgan fingerprint density at radius 3 is 2.72 bits per heavy atom. The number of hydrogen-bond donors (Lipinski definition) is 0. The van der Waals surface area contributed by atoms with Crippen molar-refractivity contribution in [1.82, 2.24) is 4.90 Å². The lowest BCUT2D eigenvalue weighted by molar-refractivity contribution is 0.0707. The van der Waals surface area contributed by atoms with E-state index in [9.17, 15) is 9.18 Å². The van der Waals surface area contributed by atoms with Crippen molar-refractivity contribution in [1.29, 1.82) is 5.26 Å². The molecule has 0 atom stereocenters. The first-order chi connectivity index (χ1) is 8.63. The second-order valence-corrected chi connectivity index (χ2v) is 4.67. The van der Waals surface area contributed by atoms with E-state index in [1.165, 1.54) is 18.2 Å². The lowest BCUT2D eigenvalue weighted by atomic mass is 9.98. The van der Waals surface area contributed by atoms with Gasteiger partial charge in [0.1, 0.15) is 5.82 Å². The maximum atomic E-state index is 13.3. The van der Waals surface area contributed by atoms with E-state index in [4.69, 9.17) is 16.9 Å². The minimum absolute atomic E-state index is 0.0111. The quantitative estimate of drug-likeness (QED) is 0.784. The van der Waals surface area contributed by atoms with E-state index in [2.05, 4.69) is 6.07 Å². The average molecular weight is 267 g/mol. The molecule has 3 nitrogen and oxygen atoms in total. The zero-order chi connectivity index (χ0) is 13.1. The smallest absolute Gasteiger partial charge is 0.255 e. The van der Waals surface area contributed by atoms with Crippen molar-refractivity contribution in [3.05, 3.63) is 34.6 Å². The molecule has 1 heterocycles. The maximum absolute atomic E-state index is 13.3. The van der Waals surface area contributed by atoms with Gasteiger partial charge in [0.05, 0.1) is 16.7 Å². The summed E-state index contributed by atoms with van der Waals surface area (Å²) in [7, 11) is 0. The van der Waals surface area contributed by atoms with Crippen LogP contribution in [0.25, 0.3) is 0 Å². The first kappa shape index (κ1) is 12.8. The molecule has 0 aromatic heterocycles. The van der Waals surface area contributed by atoms with E-state index >= 15 is 0 Å². The molecule has 18 heavy (non-hydrogen) atoms. The number of halogens is 2. The van der Waals surface area contributed by atoms with Crippen LogP contribution in [0.1, 0.15) is 23.2 Å². The van der Waals surface area contributed by atoms with E-state index in [-0.39, 0.29) is 22.4 Å². The van der Waals surface area contributed by atoms with E-state index in [1.807, 2.05) is 0 Å². The zero-order valence-electron chi connectivity index (χ0n) is 9.70. The van der Waals surface area contributed by atoms with Crippen molar-refractivity contribution in [3.8, 4) is 6.07 Å². The van der Waals surface area contributed by atoms with Gasteiger partial charge in [-0.3, -0.25) is 4.79 Å². The van der Waals surface area contributed by atoms with Crippen LogP contribution in [-0.4, -0.2) is 23.9 Å². The molecule has 0 saturated carbocycles. The number of amides is 1. The first-order valence-corrected chi connectivity index (χ1v) is 6.14. The van der Waals surface area contributed by atoms with Gasteiger partial charge in [-0.05, 0) is 25.0 Å². The Bertz CT molecular complexity index is 504. The van der Waals surface area contributed by atoms with Crippen LogP contribution < -0.4 is 0 Å². The van der Waals surface area contributed by atoms with Gasteiger partial charge in [0.15, 0.2) is 0 Å². The summed E-state index contributed by atoms with van der Waals surface area (Å²) in [6.45, 7) is 1.04. The summed E-state index contributed by atoms with van der Waals surface area (Å²) in [6.07, 6.45) is 1.32. The summed E-state index contributed by atoms with van der Waals surface area (Å²) in [6, 6.07) is 6.41. The number of rotatable bonds is 1. The van der Waals surface area contributed by atoms with Crippen molar-refractivity contribution < 1.29 is 9.18 Å². The second-order valence-electron chi connectivity index (χ2n) is 4.30. The Labute approximate surface area is 110 Å². The van der Waals surface area contributed by atoms with Crippen molar-refractivity contribution in [2.24, 2.45) is 5.92 Å². The monoisotopic (exact) mass is 266 g/mol. The van der Waals surface area contributed by atoms with Crippen molar-refractivity contribution in [2.45, 2.75) is 12.8 Å². The highest BCUT2D eigenvalue weighted by atomic mass is 35.5. The number of nitrogens with zero attached hydrogens (tertiary/aromatic N) is 2. The number of benzene rings is 1. The summed E-state index contributed by atoms with van der Waals surface area (Å²) < 4.78 is 13.3. The van der Waals surface area contributed by atoms with Gasteiger partial charge in [-0.2, -0.15) is 5.26 Å². The summed E-state index contributed by atoms with van der Waals surface area (Å²) in [5.41, 5.74) is 0.187. The lowest BCUT2D eigenvalue weighted by Gasteiger charge is -2.29. The van der Waals surface area contributed by atoms with Gasteiger partial charge in [0.25, 0.3) is 5.91 Å². The van der Waals surface area contributed by atoms with E-state index < -0.39 is 5.82 Å². The molecule has 1 aliphatic heterocycles. The highest BCUT2D eigenvalue weighted by molar-refractivity contribution is 6.34. The normalized spacial score (nSPS) is 16.4. The molecule has 0 radical (unpaired) electrons. The van der Waals surface area contributed by atoms with Crippen LogP contribution in [0.2, 0.25) is 5.02 Å². The molecule has 0 N–H and O–H groups in total. The van der Waals surface area contributed by atoms with Crippen molar-refractivity contribution in [2.75, 3.05) is 13.1 Å². The molecule has 1 aromatic rings. The summed E-state index contributed by atoms with van der Waals surface area (Å²) in [4.78, 5) is 13.8. The molecule has 1 fully saturated rings. The number of piperidine rings is 1. The van der Waals surface area contributed by atoms with Gasteiger partial charge < -0.3 is 4.90 Å². The number of hydrogen-bond acceptors (Lipinski definition) is 2. The third kappa shape index (κ3) is 2.46. The highest BCUT2D eigenvalue weighted by Crippen LogP contribution is 2.24. The van der Waals surface area contributed by atoms with Crippen LogP contribution in [-0.2, 0) is 0 Å². The second kappa shape index (κ2) is 5.36. The van der Waals surface area contributed by atoms with Crippen LogP contribution in [0.3, 0.4) is 0 Å². The van der Waals surface area contributed by atoms with Crippen molar-refractivity contribution in [3.63, 3.8) is 0 Å². The molecule has 5 heteroatoms. The largest absolute Gasteiger partial charge is 0.339 e. The lowest BCUT2D eigenvalue weighted by Crippen LogP contribution is -2.38. The predicted octanol–water partition coefficient (Wildman–Crippen LogP) is 2.85. The number of carbonyl (C=O) groups is 1. The minimum Gasteiger partial charge on any atom is -0.339 e. The topological polar surface area (TPSA) is 44.1 Å². The van der Waals surface area contributed by atoms with Crippen LogP contribution >= 0.6 is 11.6 Å². The van der Waals surface area contributed by atoms with E-state index in [1.54, 1.807) is 4.90 Å². The molecule has 0 unspecified atom stereocenters. The highest BCUT2D eigenvalue weighted by Gasteiger charge is 2.25. The van der Waals surface area contributed by atoms with Crippen LogP contribution in [0.4, 0.5) is 4.39 Å². The fourth-order valence-electron chi connectivity index (χ4n) is 2.05. The molecule has 94 valence electrons. The van der Waals surface area contributed by atoms with Crippen LogP contribution in [0.15, 0.2) is 18.2 Å². The molecule has 0 aliphatic carbocycles. The number of carbonyl (C=O) groups excluding carboxylic acids is 1. The molecular formula is C13H12ClFN2O. The molecule has 1 aromatic carbocycles. The standard InChI is InChI=1S/C13H12ClFN2O/c14-12-10(2-1-3-11(12)15)13(18)17-6-4-9(8-16)5-7-17/h1-3,9H,4-7H2. The summed E-state index contributed by atoms with van der Waals surface area (Å²) in [5, 5.41) is 8.65. The zero-order valence-corrected chi connectivity index (χ0v) is 10.5. The number of likely N-dealkylation sites (tertiary alicyclic amines) is 1. The SMILES string of the molecule is N#CC1CCN(C(=O)c2cccc(F)c2Cl)CC1. The van der Waals surface area contributed by atoms with Crippen LogP contribution in [0.5, 0.6) is 0 Å². The Morgan fingerprint density at radius 1 is 1.44 bits per heavy atom. The third-order valence-corrected chi connectivity index (χ3v) is 3.53. The van der Waals surface area contributed by atoms with Gasteiger partial charge in [-0.1, -0.05) is 17.7 Å². The Morgan fingerprint density at radius 2 is 2.11 bits per heavy atom. The summed E-state index contributed by atoms with van der Waals surface area (Å²) in [5.74, 6) is -0.845. The molecule has 1 aliphatic rings. The van der Waals surface area contributed by atoms with Crippen LogP contribution in [0, 0.1) is 23.1 Å². The minimum atomic E-state index is -0.588. The Hall–Kier alpha value is -1.60. The van der Waals surface area contributed by atoms with Gasteiger partial charge >= 0.3 is 0 Å². The van der Waals surface area contributed by atoms with E-state index in [0.29, 0.717) is 25.9 Å². The van der Waals surface area contributed by atoms with E-state index in [0.717, 1.165) is 0 Å². The fourth-order valence-corrected chi connectivity index (χ4v) is 2.26. The molecule has 1 amide bonds. The molecule has 1 saturated heterocycles. The Kier molecular flexibility index (Phi) is 3.83. The number of nitriles is 1. The average Bonchev–Trinajstić information content (AvgIpc) is 2.41.